The Hall–Kier alpha value is -3.93. The fraction of sp³-hybridized carbons (Fsp3) is 0.222. The van der Waals surface area contributed by atoms with Gasteiger partial charge < -0.3 is 14.4 Å². The topological polar surface area (TPSA) is 76.2 Å². The summed E-state index contributed by atoms with van der Waals surface area (Å²) in [7, 11) is 0. The highest BCUT2D eigenvalue weighted by Gasteiger charge is 2.17. The van der Waals surface area contributed by atoms with Gasteiger partial charge in [-0.25, -0.2) is 0 Å². The monoisotopic (exact) mass is 441 g/mol. The van der Waals surface area contributed by atoms with E-state index in [-0.39, 0.29) is 24.1 Å². The molecule has 0 aliphatic carbocycles. The summed E-state index contributed by atoms with van der Waals surface area (Å²) in [4.78, 5) is 12.4. The highest BCUT2D eigenvalue weighted by Crippen LogP contribution is 2.39. The van der Waals surface area contributed by atoms with Crippen molar-refractivity contribution < 1.29 is 14.6 Å². The highest BCUT2D eigenvalue weighted by atomic mass is 16.5. The van der Waals surface area contributed by atoms with Crippen molar-refractivity contribution >= 4 is 22.5 Å². The number of aromatic nitrogens is 1. The Bertz CT molecular complexity index is 1310. The molecule has 0 bridgehead atoms. The van der Waals surface area contributed by atoms with Gasteiger partial charge in [-0.05, 0) is 41.7 Å². The summed E-state index contributed by atoms with van der Waals surface area (Å²) >= 11 is 0. The van der Waals surface area contributed by atoms with Crippen LogP contribution in [0, 0.1) is 6.92 Å². The maximum Gasteiger partial charge on any atom is 0.302 e. The Morgan fingerprint density at radius 2 is 1.76 bits per heavy atom. The van der Waals surface area contributed by atoms with Crippen LogP contribution < -0.4 is 4.74 Å². The molecule has 0 fully saturated rings. The number of para-hydroxylation sites is 1. The summed E-state index contributed by atoms with van der Waals surface area (Å²) in [6, 6.07) is 23.3. The summed E-state index contributed by atoms with van der Waals surface area (Å²) in [5.41, 5.74) is 4.22. The Kier molecular flexibility index (Phi) is 6.54. The summed E-state index contributed by atoms with van der Waals surface area (Å²) in [5, 5.41) is 19.5. The molecule has 0 saturated heterocycles. The van der Waals surface area contributed by atoms with Crippen LogP contribution in [0.15, 0.2) is 83.0 Å². The molecule has 0 saturated carbocycles. The number of carbonyl (C=O) groups excluding carboxylic acids is 1. The summed E-state index contributed by atoms with van der Waals surface area (Å²) in [5.74, 6) is 0.393. The fourth-order valence-electron chi connectivity index (χ4n) is 3.81. The molecule has 1 aromatic heterocycles. The van der Waals surface area contributed by atoms with Gasteiger partial charge in [0, 0.05) is 5.39 Å². The first-order chi connectivity index (χ1) is 15.9. The van der Waals surface area contributed by atoms with Gasteiger partial charge in [-0.15, -0.1) is 10.2 Å². The van der Waals surface area contributed by atoms with Crippen LogP contribution in [0.2, 0.25) is 0 Å². The second kappa shape index (κ2) is 9.69. The van der Waals surface area contributed by atoms with E-state index in [1.54, 1.807) is 4.57 Å². The lowest BCUT2D eigenvalue weighted by Gasteiger charge is -2.13. The van der Waals surface area contributed by atoms with Crippen LogP contribution in [-0.2, 0) is 11.3 Å². The molecule has 6 heteroatoms. The van der Waals surface area contributed by atoms with Crippen molar-refractivity contribution in [3.8, 4) is 11.6 Å². The number of amides is 1. The van der Waals surface area contributed by atoms with Crippen LogP contribution in [0.25, 0.3) is 10.9 Å². The van der Waals surface area contributed by atoms with E-state index < -0.39 is 5.91 Å². The average molecular weight is 442 g/mol. The minimum absolute atomic E-state index is 0.0294. The van der Waals surface area contributed by atoms with Gasteiger partial charge in [-0.2, -0.15) is 0 Å². The number of carbonyl (C=O) groups is 1. The molecule has 1 N–H and O–H groups in total. The smallest absolute Gasteiger partial charge is 0.302 e. The van der Waals surface area contributed by atoms with Crippen LogP contribution in [0.3, 0.4) is 0 Å². The van der Waals surface area contributed by atoms with Gasteiger partial charge in [0.1, 0.15) is 5.75 Å². The maximum absolute atomic E-state index is 12.4. The van der Waals surface area contributed by atoms with Crippen molar-refractivity contribution in [2.75, 3.05) is 6.61 Å². The van der Waals surface area contributed by atoms with Crippen molar-refractivity contribution in [3.05, 3.63) is 89.5 Å². The molecule has 3 aromatic carbocycles. The Morgan fingerprint density at radius 1 is 1.03 bits per heavy atom. The van der Waals surface area contributed by atoms with Gasteiger partial charge in [0.2, 0.25) is 5.88 Å². The van der Waals surface area contributed by atoms with Crippen molar-refractivity contribution in [3.63, 3.8) is 0 Å². The molecule has 4 rings (SSSR count). The number of aryl methyl sites for hydroxylation is 1. The Morgan fingerprint density at radius 3 is 2.52 bits per heavy atom. The third kappa shape index (κ3) is 4.95. The van der Waals surface area contributed by atoms with Crippen molar-refractivity contribution in [2.24, 2.45) is 10.2 Å². The summed E-state index contributed by atoms with van der Waals surface area (Å²) < 4.78 is 7.53. The molecular weight excluding hydrogens is 414 g/mol. The van der Waals surface area contributed by atoms with E-state index in [0.717, 1.165) is 27.6 Å². The van der Waals surface area contributed by atoms with E-state index >= 15 is 0 Å². The molecule has 168 valence electrons. The van der Waals surface area contributed by atoms with Gasteiger partial charge in [0.15, 0.2) is 12.3 Å². The van der Waals surface area contributed by atoms with E-state index in [1.165, 1.54) is 0 Å². The zero-order valence-corrected chi connectivity index (χ0v) is 19.0. The molecule has 0 atom stereocenters. The SMILES string of the molecule is Cc1ccc(C(C)C)c(OCC(=O)N=Nc2c(O)n(Cc3ccccc3)c3ccccc23)c1. The number of rotatable bonds is 7. The second-order valence-electron chi connectivity index (χ2n) is 8.34. The maximum atomic E-state index is 12.4. The summed E-state index contributed by atoms with van der Waals surface area (Å²) in [6.07, 6.45) is 0. The molecular formula is C27H27N3O3. The number of benzene rings is 3. The quantitative estimate of drug-likeness (QED) is 0.332. The van der Waals surface area contributed by atoms with Crippen LogP contribution in [-0.4, -0.2) is 22.2 Å². The van der Waals surface area contributed by atoms with E-state index in [9.17, 15) is 9.90 Å². The Balaban J connectivity index is 1.55. The number of aromatic hydroxyl groups is 1. The number of hydrogen-bond acceptors (Lipinski definition) is 4. The highest BCUT2D eigenvalue weighted by molar-refractivity contribution is 5.95. The first-order valence-corrected chi connectivity index (χ1v) is 11.0. The molecule has 33 heavy (non-hydrogen) atoms. The van der Waals surface area contributed by atoms with Gasteiger partial charge in [-0.3, -0.25) is 4.79 Å². The van der Waals surface area contributed by atoms with Gasteiger partial charge in [0.05, 0.1) is 12.1 Å². The zero-order chi connectivity index (χ0) is 23.4. The normalized spacial score (nSPS) is 11.5. The van der Waals surface area contributed by atoms with Crippen LogP contribution >= 0.6 is 0 Å². The van der Waals surface area contributed by atoms with Crippen molar-refractivity contribution in [1.29, 1.82) is 0 Å². The Labute approximate surface area is 193 Å². The fourth-order valence-corrected chi connectivity index (χ4v) is 3.81. The summed E-state index contributed by atoms with van der Waals surface area (Å²) in [6.45, 7) is 6.38. The third-order valence-electron chi connectivity index (χ3n) is 5.50. The van der Waals surface area contributed by atoms with E-state index in [0.29, 0.717) is 12.3 Å². The predicted molar refractivity (Wildman–Crippen MR) is 129 cm³/mol. The standard InChI is InChI=1S/C27H27N3O3/c1-18(2)21-14-13-19(3)15-24(21)33-17-25(31)28-29-26-22-11-7-8-12-23(22)30(27(26)32)16-20-9-5-4-6-10-20/h4-15,18,32H,16-17H2,1-3H3. The number of ether oxygens (including phenoxy) is 1. The van der Waals surface area contributed by atoms with Crippen molar-refractivity contribution in [1.82, 2.24) is 4.57 Å². The molecule has 4 aromatic rings. The first kappa shape index (κ1) is 22.3. The molecule has 6 nitrogen and oxygen atoms in total. The minimum Gasteiger partial charge on any atom is -0.493 e. The molecule has 0 aliphatic heterocycles. The predicted octanol–water partition coefficient (Wildman–Crippen LogP) is 6.52. The molecule has 0 spiro atoms. The number of hydrogen-bond donors (Lipinski definition) is 1. The number of azo groups is 1. The van der Waals surface area contributed by atoms with Crippen molar-refractivity contribution in [2.45, 2.75) is 33.2 Å². The largest absolute Gasteiger partial charge is 0.493 e. The number of nitrogens with zero attached hydrogens (tertiary/aromatic N) is 3. The first-order valence-electron chi connectivity index (χ1n) is 11.0. The second-order valence-corrected chi connectivity index (χ2v) is 8.34. The number of fused-ring (bicyclic) bond motifs is 1. The van der Waals surface area contributed by atoms with Crippen LogP contribution in [0.1, 0.15) is 36.5 Å². The molecule has 0 unspecified atom stereocenters. The van der Waals surface area contributed by atoms with Crippen LogP contribution in [0.5, 0.6) is 11.6 Å². The van der Waals surface area contributed by atoms with E-state index in [2.05, 4.69) is 24.1 Å². The van der Waals surface area contributed by atoms with Crippen LogP contribution in [0.4, 0.5) is 5.69 Å². The van der Waals surface area contributed by atoms with E-state index in [1.807, 2.05) is 79.7 Å². The third-order valence-corrected chi connectivity index (χ3v) is 5.50. The van der Waals surface area contributed by atoms with Gasteiger partial charge in [-0.1, -0.05) is 74.5 Å². The van der Waals surface area contributed by atoms with E-state index in [4.69, 9.17) is 4.74 Å². The van der Waals surface area contributed by atoms with Gasteiger partial charge in [0.25, 0.3) is 0 Å². The molecule has 0 aliphatic rings. The average Bonchev–Trinajstić information content (AvgIpc) is 3.07. The molecule has 0 radical (unpaired) electrons. The molecule has 1 amide bonds. The minimum atomic E-state index is -0.523. The lowest BCUT2D eigenvalue weighted by Crippen LogP contribution is -2.09. The zero-order valence-electron chi connectivity index (χ0n) is 19.0. The molecule has 1 heterocycles. The lowest BCUT2D eigenvalue weighted by atomic mass is 10.0. The van der Waals surface area contributed by atoms with Gasteiger partial charge >= 0.3 is 5.91 Å². The lowest BCUT2D eigenvalue weighted by molar-refractivity contribution is -0.120.